The molecule has 3 nitrogen and oxygen atoms in total. The summed E-state index contributed by atoms with van der Waals surface area (Å²) in [5.41, 5.74) is 10.0. The molecule has 2 rings (SSSR count). The molecule has 20 heavy (non-hydrogen) atoms. The maximum Gasteiger partial charge on any atom is 0.0703 e. The van der Waals surface area contributed by atoms with Crippen molar-refractivity contribution >= 4 is 0 Å². The van der Waals surface area contributed by atoms with E-state index in [0.29, 0.717) is 18.7 Å². The average molecular weight is 276 g/mol. The van der Waals surface area contributed by atoms with E-state index < -0.39 is 0 Å². The topological polar surface area (TPSA) is 38.5 Å². The van der Waals surface area contributed by atoms with Crippen molar-refractivity contribution in [2.24, 2.45) is 5.73 Å². The second-order valence-corrected chi connectivity index (χ2v) is 5.90. The Kier molecular flexibility index (Phi) is 5.58. The van der Waals surface area contributed by atoms with Gasteiger partial charge in [0.1, 0.15) is 0 Å². The number of benzene rings is 1. The molecule has 0 bridgehead atoms. The van der Waals surface area contributed by atoms with Gasteiger partial charge >= 0.3 is 0 Å². The number of likely N-dealkylation sites (N-methyl/N-ethyl adjacent to an activating group) is 1. The fourth-order valence-corrected chi connectivity index (χ4v) is 3.22. The predicted molar refractivity (Wildman–Crippen MR) is 83.9 cm³/mol. The number of aryl methyl sites for hydroxylation is 2. The van der Waals surface area contributed by atoms with Crippen LogP contribution in [0.4, 0.5) is 0 Å². The maximum atomic E-state index is 6.07. The predicted octanol–water partition coefficient (Wildman–Crippen LogP) is 2.80. The van der Waals surface area contributed by atoms with Gasteiger partial charge in [-0.1, -0.05) is 36.2 Å². The lowest BCUT2D eigenvalue weighted by atomic mass is 9.99. The molecule has 3 heteroatoms. The van der Waals surface area contributed by atoms with Crippen LogP contribution in [-0.4, -0.2) is 37.2 Å². The summed E-state index contributed by atoms with van der Waals surface area (Å²) in [7, 11) is 0. The van der Waals surface area contributed by atoms with Crippen molar-refractivity contribution in [2.75, 3.05) is 26.2 Å². The zero-order valence-electron chi connectivity index (χ0n) is 13.1. The van der Waals surface area contributed by atoms with Crippen molar-refractivity contribution < 1.29 is 4.74 Å². The lowest BCUT2D eigenvalue weighted by Gasteiger charge is -2.32. The molecule has 1 fully saturated rings. The summed E-state index contributed by atoms with van der Waals surface area (Å²) in [4.78, 5) is 2.46. The average Bonchev–Trinajstić information content (AvgIpc) is 2.90. The molecule has 112 valence electrons. The fourth-order valence-electron chi connectivity index (χ4n) is 3.22. The summed E-state index contributed by atoms with van der Waals surface area (Å²) >= 11 is 0. The molecule has 0 aliphatic carbocycles. The number of hydrogen-bond acceptors (Lipinski definition) is 3. The standard InChI is InChI=1S/C17H28N2O/c1-4-19(12-16-6-5-7-20-16)17(11-18)15-9-13(2)8-14(3)10-15/h8-10,16-17H,4-7,11-12,18H2,1-3H3. The molecule has 1 heterocycles. The van der Waals surface area contributed by atoms with Gasteiger partial charge in [0.05, 0.1) is 6.10 Å². The van der Waals surface area contributed by atoms with Gasteiger partial charge in [-0.15, -0.1) is 0 Å². The number of ether oxygens (including phenoxy) is 1. The van der Waals surface area contributed by atoms with Gasteiger partial charge in [-0.3, -0.25) is 4.90 Å². The van der Waals surface area contributed by atoms with Crippen molar-refractivity contribution in [3.05, 3.63) is 34.9 Å². The molecular formula is C17H28N2O. The van der Waals surface area contributed by atoms with Crippen molar-refractivity contribution in [3.63, 3.8) is 0 Å². The van der Waals surface area contributed by atoms with Crippen molar-refractivity contribution in [1.82, 2.24) is 4.90 Å². The lowest BCUT2D eigenvalue weighted by Crippen LogP contribution is -2.38. The first kappa shape index (κ1) is 15.5. The van der Waals surface area contributed by atoms with Gasteiger partial charge < -0.3 is 10.5 Å². The molecule has 2 N–H and O–H groups in total. The number of rotatable bonds is 6. The van der Waals surface area contributed by atoms with E-state index in [1.54, 1.807) is 0 Å². The molecule has 1 aromatic carbocycles. The Morgan fingerprint density at radius 2 is 2.00 bits per heavy atom. The highest BCUT2D eigenvalue weighted by Gasteiger charge is 2.24. The first-order valence-corrected chi connectivity index (χ1v) is 7.78. The molecule has 0 aromatic heterocycles. The van der Waals surface area contributed by atoms with Crippen LogP contribution in [0.2, 0.25) is 0 Å². The van der Waals surface area contributed by atoms with Crippen molar-refractivity contribution in [3.8, 4) is 0 Å². The Bertz CT molecular complexity index is 407. The van der Waals surface area contributed by atoms with E-state index in [-0.39, 0.29) is 0 Å². The quantitative estimate of drug-likeness (QED) is 0.868. The highest BCUT2D eigenvalue weighted by atomic mass is 16.5. The molecule has 0 radical (unpaired) electrons. The summed E-state index contributed by atoms with van der Waals surface area (Å²) in [6, 6.07) is 7.04. The number of nitrogens with two attached hydrogens (primary N) is 1. The second-order valence-electron chi connectivity index (χ2n) is 5.90. The highest BCUT2D eigenvalue weighted by Crippen LogP contribution is 2.24. The third-order valence-corrected chi connectivity index (χ3v) is 4.16. The van der Waals surface area contributed by atoms with Crippen LogP contribution in [0.1, 0.15) is 42.5 Å². The van der Waals surface area contributed by atoms with Crippen LogP contribution in [0.5, 0.6) is 0 Å². The normalized spacial score (nSPS) is 20.6. The Labute approximate surface area is 123 Å². The fraction of sp³-hybridized carbons (Fsp3) is 0.647. The van der Waals surface area contributed by atoms with E-state index in [4.69, 9.17) is 10.5 Å². The van der Waals surface area contributed by atoms with Crippen LogP contribution in [0.3, 0.4) is 0 Å². The van der Waals surface area contributed by atoms with Gasteiger partial charge in [0.15, 0.2) is 0 Å². The Hall–Kier alpha value is -0.900. The SMILES string of the molecule is CCN(CC1CCCO1)C(CN)c1cc(C)cc(C)c1. The van der Waals surface area contributed by atoms with E-state index in [9.17, 15) is 0 Å². The lowest BCUT2D eigenvalue weighted by molar-refractivity contribution is 0.0601. The summed E-state index contributed by atoms with van der Waals surface area (Å²) in [5, 5.41) is 0. The molecule has 1 aliphatic rings. The third-order valence-electron chi connectivity index (χ3n) is 4.16. The molecule has 1 saturated heterocycles. The van der Waals surface area contributed by atoms with Crippen LogP contribution in [-0.2, 0) is 4.74 Å². The summed E-state index contributed by atoms with van der Waals surface area (Å²) in [6.07, 6.45) is 2.76. The molecule has 1 aliphatic heterocycles. The zero-order valence-corrected chi connectivity index (χ0v) is 13.1. The minimum Gasteiger partial charge on any atom is -0.377 e. The molecule has 2 atom stereocenters. The Balaban J connectivity index is 2.14. The summed E-state index contributed by atoms with van der Waals surface area (Å²) in [5.74, 6) is 0. The minimum atomic E-state index is 0.294. The maximum absolute atomic E-state index is 6.07. The van der Waals surface area contributed by atoms with E-state index in [1.807, 2.05) is 0 Å². The summed E-state index contributed by atoms with van der Waals surface area (Å²) < 4.78 is 5.78. The van der Waals surface area contributed by atoms with Crippen LogP contribution in [0.25, 0.3) is 0 Å². The number of nitrogens with zero attached hydrogens (tertiary/aromatic N) is 1. The van der Waals surface area contributed by atoms with Crippen LogP contribution in [0.15, 0.2) is 18.2 Å². The van der Waals surface area contributed by atoms with Crippen LogP contribution in [0, 0.1) is 13.8 Å². The van der Waals surface area contributed by atoms with E-state index in [0.717, 1.165) is 19.7 Å². The largest absolute Gasteiger partial charge is 0.377 e. The van der Waals surface area contributed by atoms with E-state index >= 15 is 0 Å². The smallest absolute Gasteiger partial charge is 0.0703 e. The monoisotopic (exact) mass is 276 g/mol. The van der Waals surface area contributed by atoms with Crippen molar-refractivity contribution in [1.29, 1.82) is 0 Å². The van der Waals surface area contributed by atoms with Gasteiger partial charge in [0.25, 0.3) is 0 Å². The molecule has 0 amide bonds. The Morgan fingerprint density at radius 3 is 2.50 bits per heavy atom. The first-order valence-electron chi connectivity index (χ1n) is 7.78. The number of hydrogen-bond donors (Lipinski definition) is 1. The second kappa shape index (κ2) is 7.21. The van der Waals surface area contributed by atoms with Gasteiger partial charge in [-0.25, -0.2) is 0 Å². The zero-order chi connectivity index (χ0) is 14.5. The van der Waals surface area contributed by atoms with Crippen LogP contribution < -0.4 is 5.73 Å². The first-order chi connectivity index (χ1) is 9.63. The molecule has 0 spiro atoms. The van der Waals surface area contributed by atoms with Crippen LogP contribution >= 0.6 is 0 Å². The Morgan fingerprint density at radius 1 is 1.30 bits per heavy atom. The molecule has 2 unspecified atom stereocenters. The summed E-state index contributed by atoms with van der Waals surface area (Å²) in [6.45, 7) is 10.1. The van der Waals surface area contributed by atoms with Gasteiger partial charge in [-0.05, 0) is 38.8 Å². The molecule has 1 aromatic rings. The van der Waals surface area contributed by atoms with Crippen molar-refractivity contribution in [2.45, 2.75) is 45.8 Å². The van der Waals surface area contributed by atoms with Gasteiger partial charge in [0, 0.05) is 25.7 Å². The molecule has 0 saturated carbocycles. The van der Waals surface area contributed by atoms with E-state index in [1.165, 1.54) is 29.5 Å². The van der Waals surface area contributed by atoms with Gasteiger partial charge in [0.2, 0.25) is 0 Å². The van der Waals surface area contributed by atoms with Gasteiger partial charge in [-0.2, -0.15) is 0 Å². The minimum absolute atomic E-state index is 0.294. The third kappa shape index (κ3) is 3.81. The highest BCUT2D eigenvalue weighted by molar-refractivity contribution is 5.31. The van der Waals surface area contributed by atoms with E-state index in [2.05, 4.69) is 43.9 Å². The molecular weight excluding hydrogens is 248 g/mol.